The van der Waals surface area contributed by atoms with Gasteiger partial charge in [0.05, 0.1) is 24.3 Å². The lowest BCUT2D eigenvalue weighted by Gasteiger charge is -2.12. The van der Waals surface area contributed by atoms with Crippen molar-refractivity contribution in [2.24, 2.45) is 7.05 Å². The van der Waals surface area contributed by atoms with E-state index in [9.17, 15) is 18.0 Å². The van der Waals surface area contributed by atoms with Crippen LogP contribution in [0.3, 0.4) is 0 Å². The first-order valence-electron chi connectivity index (χ1n) is 10.6. The van der Waals surface area contributed by atoms with Gasteiger partial charge in [-0.2, -0.15) is 13.2 Å². The van der Waals surface area contributed by atoms with Gasteiger partial charge in [0.2, 0.25) is 5.89 Å². The molecule has 0 saturated carbocycles. The number of benzene rings is 2. The van der Waals surface area contributed by atoms with Crippen molar-refractivity contribution < 1.29 is 32.2 Å². The smallest absolute Gasteiger partial charge is 0.416 e. The number of ether oxygens (including phenoxy) is 1. The van der Waals surface area contributed by atoms with E-state index in [-0.39, 0.29) is 24.8 Å². The van der Waals surface area contributed by atoms with E-state index in [0.717, 1.165) is 23.0 Å². The zero-order chi connectivity index (χ0) is 24.6. The van der Waals surface area contributed by atoms with Gasteiger partial charge < -0.3 is 18.8 Å². The van der Waals surface area contributed by atoms with Gasteiger partial charge in [-0.1, -0.05) is 6.92 Å². The van der Waals surface area contributed by atoms with Gasteiger partial charge in [0.15, 0.2) is 0 Å². The predicted molar refractivity (Wildman–Crippen MR) is 120 cm³/mol. The first kappa shape index (κ1) is 23.4. The fraction of sp³-hybridized carbons (Fsp3) is 0.280. The number of alkyl halides is 3. The molecule has 1 unspecified atom stereocenters. The molecule has 0 amide bonds. The highest BCUT2D eigenvalue weighted by atomic mass is 19.4. The molecule has 6 nitrogen and oxygen atoms in total. The van der Waals surface area contributed by atoms with Crippen molar-refractivity contribution in [1.29, 1.82) is 0 Å². The third-order valence-corrected chi connectivity index (χ3v) is 5.64. The molecule has 0 aliphatic heterocycles. The molecule has 9 heteroatoms. The van der Waals surface area contributed by atoms with Crippen LogP contribution in [0, 0.1) is 6.92 Å². The van der Waals surface area contributed by atoms with Crippen LogP contribution in [0.5, 0.6) is 5.75 Å². The number of rotatable bonds is 7. The Bertz CT molecular complexity index is 1340. The monoisotopic (exact) mass is 472 g/mol. The van der Waals surface area contributed by atoms with Gasteiger partial charge in [0, 0.05) is 35.6 Å². The van der Waals surface area contributed by atoms with Gasteiger partial charge in [0.1, 0.15) is 11.5 Å². The maximum absolute atomic E-state index is 12.8. The normalized spacial score (nSPS) is 12.8. The molecule has 2 aromatic carbocycles. The summed E-state index contributed by atoms with van der Waals surface area (Å²) >= 11 is 0. The van der Waals surface area contributed by atoms with E-state index in [2.05, 4.69) is 4.98 Å². The summed E-state index contributed by atoms with van der Waals surface area (Å²) in [4.78, 5) is 15.7. The van der Waals surface area contributed by atoms with E-state index in [0.29, 0.717) is 28.3 Å². The fourth-order valence-corrected chi connectivity index (χ4v) is 3.94. The summed E-state index contributed by atoms with van der Waals surface area (Å²) in [5.74, 6) is 0.348. The SMILES string of the molecule is Cc1oc(-c2ccc(C(F)(F)F)cc2)nc1C(C)COc1ccc2c(c1)c(CC(=O)O)cn2C. The standard InChI is InChI=1S/C25H23F3N2O4/c1-14(13-33-19-8-9-21-20(11-19)17(10-22(31)32)12-30(21)3)23-15(2)34-24(29-23)16-4-6-18(7-5-16)25(26,27)28/h4-9,11-12,14H,10,13H2,1-3H3,(H,31,32). The molecule has 34 heavy (non-hydrogen) atoms. The molecule has 0 aliphatic rings. The van der Waals surface area contributed by atoms with E-state index in [1.807, 2.05) is 36.7 Å². The number of nitrogens with zero attached hydrogens (tertiary/aromatic N) is 2. The number of carboxylic acid groups (broad SMARTS) is 1. The molecule has 4 aromatic rings. The summed E-state index contributed by atoms with van der Waals surface area (Å²) in [6, 6.07) is 10.2. The van der Waals surface area contributed by atoms with Crippen molar-refractivity contribution in [1.82, 2.24) is 9.55 Å². The summed E-state index contributed by atoms with van der Waals surface area (Å²) in [7, 11) is 1.86. The molecule has 178 valence electrons. The molecule has 0 spiro atoms. The number of halogens is 3. The van der Waals surface area contributed by atoms with Crippen LogP contribution in [0.25, 0.3) is 22.4 Å². The quantitative estimate of drug-likeness (QED) is 0.359. The maximum atomic E-state index is 12.8. The molecule has 4 rings (SSSR count). The van der Waals surface area contributed by atoms with Crippen LogP contribution < -0.4 is 4.74 Å². The summed E-state index contributed by atoms with van der Waals surface area (Å²) in [5, 5.41) is 9.98. The van der Waals surface area contributed by atoms with Crippen LogP contribution in [-0.2, 0) is 24.4 Å². The third kappa shape index (κ3) is 4.78. The molecular formula is C25H23F3N2O4. The van der Waals surface area contributed by atoms with Gasteiger partial charge in [-0.3, -0.25) is 4.79 Å². The number of carbonyl (C=O) groups is 1. The Labute approximate surface area is 193 Å². The molecule has 2 aromatic heterocycles. The predicted octanol–water partition coefficient (Wildman–Crippen LogP) is 5.97. The molecule has 0 aliphatic carbocycles. The van der Waals surface area contributed by atoms with Crippen LogP contribution in [0.1, 0.15) is 35.4 Å². The Balaban J connectivity index is 1.49. The highest BCUT2D eigenvalue weighted by Crippen LogP contribution is 2.32. The molecule has 1 N–H and O–H groups in total. The number of aryl methyl sites for hydroxylation is 2. The third-order valence-electron chi connectivity index (χ3n) is 5.64. The average molecular weight is 472 g/mol. The topological polar surface area (TPSA) is 77.5 Å². The number of aromatic nitrogens is 2. The van der Waals surface area contributed by atoms with Gasteiger partial charge in [-0.25, -0.2) is 4.98 Å². The van der Waals surface area contributed by atoms with Gasteiger partial charge in [0.25, 0.3) is 0 Å². The van der Waals surface area contributed by atoms with Crippen LogP contribution >= 0.6 is 0 Å². The number of hydrogen-bond donors (Lipinski definition) is 1. The second kappa shape index (κ2) is 8.89. The number of aliphatic carboxylic acids is 1. The largest absolute Gasteiger partial charge is 0.493 e. The van der Waals surface area contributed by atoms with Crippen molar-refractivity contribution in [2.75, 3.05) is 6.61 Å². The van der Waals surface area contributed by atoms with E-state index < -0.39 is 17.7 Å². The maximum Gasteiger partial charge on any atom is 0.416 e. The summed E-state index contributed by atoms with van der Waals surface area (Å²) < 4.78 is 52.0. The molecule has 2 heterocycles. The zero-order valence-corrected chi connectivity index (χ0v) is 18.8. The molecule has 0 bridgehead atoms. The molecule has 0 fully saturated rings. The number of hydrogen-bond acceptors (Lipinski definition) is 4. The first-order valence-corrected chi connectivity index (χ1v) is 10.6. The lowest BCUT2D eigenvalue weighted by atomic mass is 10.1. The average Bonchev–Trinajstić information content (AvgIpc) is 3.31. The molecular weight excluding hydrogens is 449 g/mol. The Hall–Kier alpha value is -3.75. The fourth-order valence-electron chi connectivity index (χ4n) is 3.94. The summed E-state index contributed by atoms with van der Waals surface area (Å²) in [6.45, 7) is 3.95. The van der Waals surface area contributed by atoms with E-state index in [1.165, 1.54) is 12.1 Å². The van der Waals surface area contributed by atoms with Gasteiger partial charge >= 0.3 is 12.1 Å². The van der Waals surface area contributed by atoms with Crippen LogP contribution in [0.4, 0.5) is 13.2 Å². The summed E-state index contributed by atoms with van der Waals surface area (Å²) in [5.41, 5.74) is 1.99. The Kier molecular flexibility index (Phi) is 6.12. The van der Waals surface area contributed by atoms with Crippen molar-refractivity contribution in [2.45, 2.75) is 32.4 Å². The highest BCUT2D eigenvalue weighted by Gasteiger charge is 2.30. The van der Waals surface area contributed by atoms with Crippen molar-refractivity contribution in [3.8, 4) is 17.2 Å². The lowest BCUT2D eigenvalue weighted by Crippen LogP contribution is -2.08. The number of fused-ring (bicyclic) bond motifs is 1. The molecule has 0 saturated heterocycles. The van der Waals surface area contributed by atoms with Gasteiger partial charge in [-0.15, -0.1) is 0 Å². The molecule has 0 radical (unpaired) electrons. The Morgan fingerprint density at radius 2 is 1.91 bits per heavy atom. The van der Waals surface area contributed by atoms with Crippen LogP contribution in [0.2, 0.25) is 0 Å². The van der Waals surface area contributed by atoms with E-state index in [4.69, 9.17) is 14.3 Å². The highest BCUT2D eigenvalue weighted by molar-refractivity contribution is 5.88. The van der Waals surface area contributed by atoms with Crippen molar-refractivity contribution in [3.05, 3.63) is 71.2 Å². The van der Waals surface area contributed by atoms with Gasteiger partial charge in [-0.05, 0) is 55.0 Å². The lowest BCUT2D eigenvalue weighted by molar-refractivity contribution is -0.138. The number of oxazole rings is 1. The second-order valence-electron chi connectivity index (χ2n) is 8.26. The van der Waals surface area contributed by atoms with E-state index >= 15 is 0 Å². The Morgan fingerprint density at radius 1 is 1.21 bits per heavy atom. The van der Waals surface area contributed by atoms with Crippen molar-refractivity contribution in [3.63, 3.8) is 0 Å². The number of carboxylic acids is 1. The zero-order valence-electron chi connectivity index (χ0n) is 18.8. The minimum atomic E-state index is -4.40. The second-order valence-corrected chi connectivity index (χ2v) is 8.26. The minimum Gasteiger partial charge on any atom is -0.493 e. The minimum absolute atomic E-state index is 0.0813. The summed E-state index contributed by atoms with van der Waals surface area (Å²) in [6.07, 6.45) is -2.69. The van der Waals surface area contributed by atoms with Crippen LogP contribution in [0.15, 0.2) is 53.1 Å². The van der Waals surface area contributed by atoms with E-state index in [1.54, 1.807) is 13.1 Å². The van der Waals surface area contributed by atoms with Crippen molar-refractivity contribution >= 4 is 16.9 Å². The van der Waals surface area contributed by atoms with Crippen LogP contribution in [-0.4, -0.2) is 27.2 Å². The Morgan fingerprint density at radius 3 is 2.56 bits per heavy atom. The first-order chi connectivity index (χ1) is 16.0. The molecule has 1 atom stereocenters.